The molecule has 7 nitrogen and oxygen atoms in total. The van der Waals surface area contributed by atoms with E-state index in [-0.39, 0.29) is 17.9 Å². The molecular weight excluding hydrogens is 406 g/mol. The Balaban J connectivity index is 1.36. The lowest BCUT2D eigenvalue weighted by molar-refractivity contribution is -0.130. The first-order valence-corrected chi connectivity index (χ1v) is 11.2. The fourth-order valence-corrected chi connectivity index (χ4v) is 4.36. The predicted molar refractivity (Wildman–Crippen MR) is 123 cm³/mol. The number of methoxy groups -OCH3 is 1. The molecule has 0 saturated carbocycles. The van der Waals surface area contributed by atoms with Gasteiger partial charge in [-0.25, -0.2) is 0 Å². The van der Waals surface area contributed by atoms with Gasteiger partial charge >= 0.3 is 0 Å². The van der Waals surface area contributed by atoms with Crippen LogP contribution in [0.5, 0.6) is 11.5 Å². The Bertz CT molecular complexity index is 933. The molecule has 2 aromatic rings. The Labute approximate surface area is 189 Å². The van der Waals surface area contributed by atoms with Gasteiger partial charge in [-0.15, -0.1) is 0 Å². The van der Waals surface area contributed by atoms with Crippen LogP contribution in [-0.4, -0.2) is 74.1 Å². The fourth-order valence-electron chi connectivity index (χ4n) is 4.36. The molecular formula is C25H31N3O4. The van der Waals surface area contributed by atoms with Crippen LogP contribution in [0.25, 0.3) is 0 Å². The number of hydrogen-bond acceptors (Lipinski definition) is 5. The number of rotatable bonds is 5. The topological polar surface area (TPSA) is 62.3 Å². The quantitative estimate of drug-likeness (QED) is 0.720. The van der Waals surface area contributed by atoms with E-state index in [1.54, 1.807) is 20.1 Å². The first-order chi connectivity index (χ1) is 15.5. The van der Waals surface area contributed by atoms with E-state index in [4.69, 9.17) is 9.47 Å². The Morgan fingerprint density at radius 3 is 2.16 bits per heavy atom. The third-order valence-electron chi connectivity index (χ3n) is 6.28. The summed E-state index contributed by atoms with van der Waals surface area (Å²) in [5, 5.41) is 0. The van der Waals surface area contributed by atoms with Crippen molar-refractivity contribution in [3.8, 4) is 11.5 Å². The maximum Gasteiger partial charge on any atom is 0.254 e. The van der Waals surface area contributed by atoms with Crippen molar-refractivity contribution in [1.82, 2.24) is 9.80 Å². The van der Waals surface area contributed by atoms with E-state index in [1.807, 2.05) is 40.1 Å². The molecule has 0 spiro atoms. The van der Waals surface area contributed by atoms with Crippen LogP contribution in [-0.2, 0) is 4.79 Å². The summed E-state index contributed by atoms with van der Waals surface area (Å²) < 4.78 is 11.7. The maximum absolute atomic E-state index is 13.1. The lowest BCUT2D eigenvalue weighted by Crippen LogP contribution is -2.48. The number of carbonyl (C=O) groups is 2. The zero-order chi connectivity index (χ0) is 22.5. The molecule has 2 aliphatic heterocycles. The number of likely N-dealkylation sites (tertiary alicyclic amines) is 1. The fraction of sp³-hybridized carbons (Fsp3) is 0.440. The molecule has 2 amide bonds. The number of nitrogens with zero attached hydrogens (tertiary/aromatic N) is 3. The highest BCUT2D eigenvalue weighted by molar-refractivity contribution is 5.95. The number of benzene rings is 2. The highest BCUT2D eigenvalue weighted by Gasteiger charge is 2.25. The highest BCUT2D eigenvalue weighted by atomic mass is 16.5. The minimum absolute atomic E-state index is 0.0114. The van der Waals surface area contributed by atoms with Crippen LogP contribution in [0.2, 0.25) is 0 Å². The third kappa shape index (κ3) is 4.98. The Kier molecular flexibility index (Phi) is 6.83. The maximum atomic E-state index is 13.1. The molecule has 2 saturated heterocycles. The Hall–Kier alpha value is -3.22. The van der Waals surface area contributed by atoms with E-state index >= 15 is 0 Å². The van der Waals surface area contributed by atoms with Gasteiger partial charge in [0.2, 0.25) is 5.91 Å². The SMILES string of the molecule is COc1cc(C(=O)N2CCN(c3ccccc3)CC2)ccc1OC1CCN(C(C)=O)CC1. The molecule has 0 unspecified atom stereocenters. The molecule has 4 rings (SSSR count). The van der Waals surface area contributed by atoms with Crippen molar-refractivity contribution in [1.29, 1.82) is 0 Å². The van der Waals surface area contributed by atoms with E-state index in [9.17, 15) is 9.59 Å². The van der Waals surface area contributed by atoms with E-state index in [0.29, 0.717) is 43.2 Å². The van der Waals surface area contributed by atoms with Crippen LogP contribution in [0.3, 0.4) is 0 Å². The van der Waals surface area contributed by atoms with Gasteiger partial charge in [-0.05, 0) is 30.3 Å². The van der Waals surface area contributed by atoms with Crippen LogP contribution in [0.15, 0.2) is 48.5 Å². The van der Waals surface area contributed by atoms with Crippen LogP contribution in [0.1, 0.15) is 30.1 Å². The third-order valence-corrected chi connectivity index (χ3v) is 6.28. The summed E-state index contributed by atoms with van der Waals surface area (Å²) in [4.78, 5) is 30.6. The summed E-state index contributed by atoms with van der Waals surface area (Å²) in [6.45, 7) is 6.00. The van der Waals surface area contributed by atoms with Gasteiger partial charge in [-0.1, -0.05) is 18.2 Å². The molecule has 0 N–H and O–H groups in total. The van der Waals surface area contributed by atoms with Crippen molar-refractivity contribution in [2.45, 2.75) is 25.9 Å². The van der Waals surface area contributed by atoms with E-state index < -0.39 is 0 Å². The van der Waals surface area contributed by atoms with Crippen molar-refractivity contribution in [2.24, 2.45) is 0 Å². The summed E-state index contributed by atoms with van der Waals surface area (Å²) in [7, 11) is 1.59. The van der Waals surface area contributed by atoms with E-state index in [2.05, 4.69) is 17.0 Å². The molecule has 0 aliphatic carbocycles. The largest absolute Gasteiger partial charge is 0.493 e. The van der Waals surface area contributed by atoms with Gasteiger partial charge < -0.3 is 24.2 Å². The standard InChI is InChI=1S/C25H31N3O4/c1-19(29)26-12-10-22(11-13-26)32-23-9-8-20(18-24(23)31-2)25(30)28-16-14-27(15-17-28)21-6-4-3-5-7-21/h3-9,18,22H,10-17H2,1-2H3. The highest BCUT2D eigenvalue weighted by Crippen LogP contribution is 2.31. The average Bonchev–Trinajstić information content (AvgIpc) is 2.85. The first kappa shape index (κ1) is 22.0. The Morgan fingerprint density at radius 1 is 0.844 bits per heavy atom. The molecule has 2 fully saturated rings. The van der Waals surface area contributed by atoms with Crippen molar-refractivity contribution in [2.75, 3.05) is 51.3 Å². The average molecular weight is 438 g/mol. The summed E-state index contributed by atoms with van der Waals surface area (Å²) >= 11 is 0. The normalized spacial score (nSPS) is 17.2. The molecule has 170 valence electrons. The van der Waals surface area contributed by atoms with Gasteiger partial charge in [0.15, 0.2) is 11.5 Å². The van der Waals surface area contributed by atoms with Gasteiger partial charge in [0.05, 0.1) is 7.11 Å². The monoisotopic (exact) mass is 437 g/mol. The molecule has 7 heteroatoms. The van der Waals surface area contributed by atoms with Gasteiger partial charge in [-0.2, -0.15) is 0 Å². The van der Waals surface area contributed by atoms with Crippen LogP contribution < -0.4 is 14.4 Å². The number of piperazine rings is 1. The number of anilines is 1. The molecule has 2 aliphatic rings. The van der Waals surface area contributed by atoms with Gasteiger partial charge in [-0.3, -0.25) is 9.59 Å². The van der Waals surface area contributed by atoms with Crippen LogP contribution in [0, 0.1) is 0 Å². The number of carbonyl (C=O) groups excluding carboxylic acids is 2. The second-order valence-corrected chi connectivity index (χ2v) is 8.30. The van der Waals surface area contributed by atoms with E-state index in [0.717, 1.165) is 25.9 Å². The minimum atomic E-state index is 0.0114. The zero-order valence-corrected chi connectivity index (χ0v) is 18.8. The second kappa shape index (κ2) is 9.94. The van der Waals surface area contributed by atoms with Crippen molar-refractivity contribution >= 4 is 17.5 Å². The number of para-hydroxylation sites is 1. The number of ether oxygens (including phenoxy) is 2. The lowest BCUT2D eigenvalue weighted by Gasteiger charge is -2.36. The van der Waals surface area contributed by atoms with Crippen LogP contribution >= 0.6 is 0 Å². The van der Waals surface area contributed by atoms with Crippen molar-refractivity contribution in [3.05, 3.63) is 54.1 Å². The van der Waals surface area contributed by atoms with Gasteiger partial charge in [0.1, 0.15) is 6.10 Å². The molecule has 0 atom stereocenters. The predicted octanol–water partition coefficient (Wildman–Crippen LogP) is 3.05. The van der Waals surface area contributed by atoms with E-state index in [1.165, 1.54) is 5.69 Å². The zero-order valence-electron chi connectivity index (χ0n) is 18.8. The molecule has 0 radical (unpaired) electrons. The first-order valence-electron chi connectivity index (χ1n) is 11.2. The number of hydrogen-bond donors (Lipinski definition) is 0. The summed E-state index contributed by atoms with van der Waals surface area (Å²) in [6, 6.07) is 15.7. The lowest BCUT2D eigenvalue weighted by atomic mass is 10.1. The molecule has 32 heavy (non-hydrogen) atoms. The van der Waals surface area contributed by atoms with Crippen LogP contribution in [0.4, 0.5) is 5.69 Å². The van der Waals surface area contributed by atoms with Gasteiger partial charge in [0, 0.05) is 70.3 Å². The molecule has 2 heterocycles. The molecule has 2 aromatic carbocycles. The Morgan fingerprint density at radius 2 is 1.53 bits per heavy atom. The van der Waals surface area contributed by atoms with Crippen molar-refractivity contribution < 1.29 is 19.1 Å². The number of amides is 2. The number of piperidine rings is 1. The molecule has 0 bridgehead atoms. The summed E-state index contributed by atoms with van der Waals surface area (Å²) in [5.41, 5.74) is 1.80. The summed E-state index contributed by atoms with van der Waals surface area (Å²) in [6.07, 6.45) is 1.61. The minimum Gasteiger partial charge on any atom is -0.493 e. The molecule has 0 aromatic heterocycles. The second-order valence-electron chi connectivity index (χ2n) is 8.30. The smallest absolute Gasteiger partial charge is 0.254 e. The summed E-state index contributed by atoms with van der Waals surface area (Å²) in [5.74, 6) is 1.32. The van der Waals surface area contributed by atoms with Crippen molar-refractivity contribution in [3.63, 3.8) is 0 Å². The van der Waals surface area contributed by atoms with Gasteiger partial charge in [0.25, 0.3) is 5.91 Å².